The van der Waals surface area contributed by atoms with Gasteiger partial charge in [-0.1, -0.05) is 12.8 Å². The van der Waals surface area contributed by atoms with Crippen molar-refractivity contribution in [2.75, 3.05) is 25.0 Å². The minimum Gasteiger partial charge on any atom is -0.452 e. The van der Waals surface area contributed by atoms with Crippen molar-refractivity contribution in [2.45, 2.75) is 30.6 Å². The van der Waals surface area contributed by atoms with Gasteiger partial charge >= 0.3 is 5.97 Å². The molecule has 0 bridgehead atoms. The highest BCUT2D eigenvalue weighted by molar-refractivity contribution is 7.89. The van der Waals surface area contributed by atoms with Crippen LogP contribution in [0.4, 0.5) is 5.69 Å². The molecule has 0 radical (unpaired) electrons. The first-order chi connectivity index (χ1) is 14.9. The minimum atomic E-state index is -3.60. The fourth-order valence-corrected chi connectivity index (χ4v) is 4.75. The highest BCUT2D eigenvalue weighted by atomic mass is 32.2. The first-order valence-corrected chi connectivity index (χ1v) is 11.4. The average Bonchev–Trinajstić information content (AvgIpc) is 3.08. The van der Waals surface area contributed by atoms with Gasteiger partial charge in [0.15, 0.2) is 6.61 Å². The van der Waals surface area contributed by atoms with Crippen molar-refractivity contribution in [3.05, 3.63) is 59.7 Å². The van der Waals surface area contributed by atoms with Gasteiger partial charge in [-0.3, -0.25) is 4.79 Å². The molecule has 1 aliphatic rings. The van der Waals surface area contributed by atoms with E-state index < -0.39 is 28.5 Å². The molecule has 0 unspecified atom stereocenters. The smallest absolute Gasteiger partial charge is 0.338 e. The lowest BCUT2D eigenvalue weighted by atomic mass is 10.2. The van der Waals surface area contributed by atoms with Crippen molar-refractivity contribution in [2.24, 2.45) is 0 Å². The fraction of sp³-hybridized carbons (Fsp3) is 0.318. The lowest BCUT2D eigenvalue weighted by Gasteiger charge is -2.19. The third-order valence-corrected chi connectivity index (χ3v) is 6.84. The van der Waals surface area contributed by atoms with Crippen LogP contribution >= 0.6 is 0 Å². The number of benzene rings is 2. The molecule has 0 atom stereocenters. The number of amides is 1. The maximum atomic E-state index is 12.8. The zero-order chi connectivity index (χ0) is 22.3. The number of hydrogen-bond donors (Lipinski definition) is 1. The van der Waals surface area contributed by atoms with Crippen LogP contribution in [0.2, 0.25) is 0 Å². The van der Waals surface area contributed by atoms with E-state index in [0.717, 1.165) is 25.7 Å². The topological polar surface area (TPSA) is 117 Å². The summed E-state index contributed by atoms with van der Waals surface area (Å²) in [5, 5.41) is 11.3. The zero-order valence-corrected chi connectivity index (χ0v) is 17.7. The normalized spacial score (nSPS) is 14.8. The summed E-state index contributed by atoms with van der Waals surface area (Å²) in [7, 11) is -3.60. The molecule has 2 aromatic rings. The first-order valence-electron chi connectivity index (χ1n) is 9.97. The highest BCUT2D eigenvalue weighted by Crippen LogP contribution is 2.21. The number of carbonyl (C=O) groups excluding carboxylic acids is 2. The van der Waals surface area contributed by atoms with Crippen LogP contribution in [0.3, 0.4) is 0 Å². The van der Waals surface area contributed by atoms with Gasteiger partial charge in [-0.05, 0) is 61.4 Å². The Bertz CT molecular complexity index is 1070. The summed E-state index contributed by atoms with van der Waals surface area (Å²) in [5.41, 5.74) is 1.09. The molecule has 1 N–H and O–H groups in total. The van der Waals surface area contributed by atoms with E-state index in [-0.39, 0.29) is 10.5 Å². The number of nitrogens with one attached hydrogen (secondary N) is 1. The predicted molar refractivity (Wildman–Crippen MR) is 114 cm³/mol. The van der Waals surface area contributed by atoms with Gasteiger partial charge in [-0.25, -0.2) is 13.2 Å². The van der Waals surface area contributed by atoms with Crippen LogP contribution in [-0.4, -0.2) is 44.3 Å². The summed E-state index contributed by atoms with van der Waals surface area (Å²) in [5.74, 6) is -1.26. The van der Waals surface area contributed by atoms with E-state index in [9.17, 15) is 18.0 Å². The summed E-state index contributed by atoms with van der Waals surface area (Å²) in [4.78, 5) is 24.3. The Labute approximate surface area is 181 Å². The van der Waals surface area contributed by atoms with Gasteiger partial charge in [0.25, 0.3) is 5.91 Å². The standard InChI is InChI=1S/C22H23N3O5S/c23-15-17-5-9-19(10-6-17)24-21(26)16-30-22(27)18-7-11-20(12-8-18)31(28,29)25-13-3-1-2-4-14-25/h5-12H,1-4,13-14,16H2,(H,24,26). The molecule has 0 aliphatic carbocycles. The number of nitrogens with zero attached hydrogens (tertiary/aromatic N) is 2. The zero-order valence-electron chi connectivity index (χ0n) is 16.9. The molecule has 2 aromatic carbocycles. The van der Waals surface area contributed by atoms with E-state index in [1.807, 2.05) is 6.07 Å². The van der Waals surface area contributed by atoms with E-state index in [1.165, 1.54) is 28.6 Å². The van der Waals surface area contributed by atoms with Gasteiger partial charge in [0.1, 0.15) is 0 Å². The Balaban J connectivity index is 1.56. The lowest BCUT2D eigenvalue weighted by molar-refractivity contribution is -0.119. The van der Waals surface area contributed by atoms with Gasteiger partial charge < -0.3 is 10.1 Å². The van der Waals surface area contributed by atoms with Crippen LogP contribution in [-0.2, 0) is 19.6 Å². The number of esters is 1. The van der Waals surface area contributed by atoms with Gasteiger partial charge in [-0.2, -0.15) is 9.57 Å². The van der Waals surface area contributed by atoms with Crippen LogP contribution in [0, 0.1) is 11.3 Å². The van der Waals surface area contributed by atoms with E-state index in [1.54, 1.807) is 24.3 Å². The van der Waals surface area contributed by atoms with Crippen molar-refractivity contribution in [1.29, 1.82) is 5.26 Å². The summed E-state index contributed by atoms with van der Waals surface area (Å²) in [6, 6.07) is 13.8. The second-order valence-corrected chi connectivity index (χ2v) is 9.09. The number of sulfonamides is 1. The number of nitriles is 1. The summed E-state index contributed by atoms with van der Waals surface area (Å²) < 4.78 is 32.1. The quantitative estimate of drug-likeness (QED) is 0.689. The SMILES string of the molecule is N#Cc1ccc(NC(=O)COC(=O)c2ccc(S(=O)(=O)N3CCCCCC3)cc2)cc1. The highest BCUT2D eigenvalue weighted by Gasteiger charge is 2.25. The van der Waals surface area contributed by atoms with Crippen LogP contribution in [0.5, 0.6) is 0 Å². The molecule has 31 heavy (non-hydrogen) atoms. The van der Waals surface area contributed by atoms with Gasteiger partial charge in [0.2, 0.25) is 10.0 Å². The molecule has 1 amide bonds. The summed E-state index contributed by atoms with van der Waals surface area (Å²) in [6.07, 6.45) is 3.73. The molecule has 1 aliphatic heterocycles. The number of anilines is 1. The molecule has 9 heteroatoms. The van der Waals surface area contributed by atoms with Gasteiger partial charge in [0, 0.05) is 18.8 Å². The Morgan fingerprint density at radius 1 is 0.968 bits per heavy atom. The molecule has 0 aromatic heterocycles. The molecule has 8 nitrogen and oxygen atoms in total. The Hall–Kier alpha value is -3.22. The van der Waals surface area contributed by atoms with E-state index in [4.69, 9.17) is 10.00 Å². The van der Waals surface area contributed by atoms with Crippen LogP contribution in [0.15, 0.2) is 53.4 Å². The fourth-order valence-electron chi connectivity index (χ4n) is 3.23. The third kappa shape index (κ3) is 5.90. The van der Waals surface area contributed by atoms with Crippen molar-refractivity contribution in [3.8, 4) is 6.07 Å². The molecule has 162 valence electrons. The Morgan fingerprint density at radius 3 is 2.16 bits per heavy atom. The number of ether oxygens (including phenoxy) is 1. The van der Waals surface area contributed by atoms with Crippen molar-refractivity contribution < 1.29 is 22.7 Å². The van der Waals surface area contributed by atoms with Crippen molar-refractivity contribution in [3.63, 3.8) is 0 Å². The lowest BCUT2D eigenvalue weighted by Crippen LogP contribution is -2.31. The monoisotopic (exact) mass is 441 g/mol. The Morgan fingerprint density at radius 2 is 1.58 bits per heavy atom. The van der Waals surface area contributed by atoms with E-state index >= 15 is 0 Å². The number of rotatable bonds is 6. The summed E-state index contributed by atoms with van der Waals surface area (Å²) in [6.45, 7) is 0.508. The predicted octanol–water partition coefficient (Wildman–Crippen LogP) is 2.92. The van der Waals surface area contributed by atoms with Crippen molar-refractivity contribution >= 4 is 27.6 Å². The summed E-state index contributed by atoms with van der Waals surface area (Å²) >= 11 is 0. The Kier molecular flexibility index (Phi) is 7.39. The van der Waals surface area contributed by atoms with E-state index in [0.29, 0.717) is 24.3 Å². The second kappa shape index (κ2) is 10.2. The molecular formula is C22H23N3O5S. The van der Waals surface area contributed by atoms with E-state index in [2.05, 4.69) is 5.32 Å². The van der Waals surface area contributed by atoms with Crippen LogP contribution in [0.1, 0.15) is 41.6 Å². The van der Waals surface area contributed by atoms with Gasteiger partial charge in [-0.15, -0.1) is 0 Å². The maximum Gasteiger partial charge on any atom is 0.338 e. The maximum absolute atomic E-state index is 12.8. The first kappa shape index (κ1) is 22.5. The average molecular weight is 442 g/mol. The molecule has 1 heterocycles. The van der Waals surface area contributed by atoms with Crippen LogP contribution < -0.4 is 5.32 Å². The largest absolute Gasteiger partial charge is 0.452 e. The molecular weight excluding hydrogens is 418 g/mol. The molecule has 1 saturated heterocycles. The van der Waals surface area contributed by atoms with Crippen LogP contribution in [0.25, 0.3) is 0 Å². The third-order valence-electron chi connectivity index (χ3n) is 4.92. The molecule has 1 fully saturated rings. The number of carbonyl (C=O) groups is 2. The number of hydrogen-bond acceptors (Lipinski definition) is 6. The second-order valence-electron chi connectivity index (χ2n) is 7.16. The van der Waals surface area contributed by atoms with Gasteiger partial charge in [0.05, 0.1) is 22.1 Å². The molecule has 0 saturated carbocycles. The van der Waals surface area contributed by atoms with Crippen molar-refractivity contribution in [1.82, 2.24) is 4.31 Å². The molecule has 0 spiro atoms. The minimum absolute atomic E-state index is 0.129. The molecule has 3 rings (SSSR count).